The number of hydrogen-bond acceptors (Lipinski definition) is 6. The summed E-state index contributed by atoms with van der Waals surface area (Å²) >= 11 is 0. The topological polar surface area (TPSA) is 63.2 Å². The van der Waals surface area contributed by atoms with Crippen LogP contribution in [-0.2, 0) is 0 Å². The fourth-order valence-corrected chi connectivity index (χ4v) is 3.20. The number of nitrogens with zero attached hydrogens (tertiary/aromatic N) is 4. The molecular formula is C19H27N5O. The van der Waals surface area contributed by atoms with E-state index >= 15 is 0 Å². The van der Waals surface area contributed by atoms with E-state index in [1.165, 1.54) is 19.3 Å². The first-order chi connectivity index (χ1) is 12.2. The summed E-state index contributed by atoms with van der Waals surface area (Å²) in [6.45, 7) is 7.26. The predicted molar refractivity (Wildman–Crippen MR) is 101 cm³/mol. The van der Waals surface area contributed by atoms with Gasteiger partial charge in [-0.05, 0) is 63.8 Å². The van der Waals surface area contributed by atoms with Crippen molar-refractivity contribution in [2.45, 2.75) is 58.6 Å². The highest BCUT2D eigenvalue weighted by Crippen LogP contribution is 2.25. The van der Waals surface area contributed by atoms with E-state index in [0.29, 0.717) is 11.9 Å². The number of benzene rings is 1. The molecule has 0 bridgehead atoms. The van der Waals surface area contributed by atoms with Gasteiger partial charge in [0, 0.05) is 18.3 Å². The third-order valence-corrected chi connectivity index (χ3v) is 4.40. The Morgan fingerprint density at radius 3 is 2.76 bits per heavy atom. The molecule has 1 aliphatic rings. The smallest absolute Gasteiger partial charge is 0.247 e. The minimum Gasteiger partial charge on any atom is -0.491 e. The molecule has 0 amide bonds. The van der Waals surface area contributed by atoms with E-state index in [1.807, 2.05) is 38.1 Å². The third-order valence-electron chi connectivity index (χ3n) is 4.40. The summed E-state index contributed by atoms with van der Waals surface area (Å²) in [6, 6.07) is 8.38. The highest BCUT2D eigenvalue weighted by atomic mass is 16.5. The average molecular weight is 341 g/mol. The quantitative estimate of drug-likeness (QED) is 0.851. The summed E-state index contributed by atoms with van der Waals surface area (Å²) in [5, 5.41) is 11.7. The molecule has 1 atom stereocenters. The van der Waals surface area contributed by atoms with Gasteiger partial charge in [-0.3, -0.25) is 0 Å². The molecule has 0 saturated carbocycles. The molecular weight excluding hydrogens is 314 g/mol. The molecule has 1 aromatic heterocycles. The minimum atomic E-state index is 0.170. The van der Waals surface area contributed by atoms with Crippen LogP contribution < -0.4 is 15.0 Å². The molecule has 3 rings (SSSR count). The van der Waals surface area contributed by atoms with E-state index in [2.05, 4.69) is 32.3 Å². The SMILES string of the molecule is CCC1CCCCN1c1nncc(Nc2ccc(OC(C)C)cc2)n1. The van der Waals surface area contributed by atoms with Crippen LogP contribution in [0.15, 0.2) is 30.5 Å². The van der Waals surface area contributed by atoms with Gasteiger partial charge in [0.1, 0.15) is 5.75 Å². The van der Waals surface area contributed by atoms with Crippen LogP contribution in [0.4, 0.5) is 17.5 Å². The van der Waals surface area contributed by atoms with Crippen molar-refractivity contribution in [1.82, 2.24) is 15.2 Å². The van der Waals surface area contributed by atoms with Gasteiger partial charge >= 0.3 is 0 Å². The fourth-order valence-electron chi connectivity index (χ4n) is 3.20. The van der Waals surface area contributed by atoms with Gasteiger partial charge < -0.3 is 15.0 Å². The molecule has 0 spiro atoms. The van der Waals surface area contributed by atoms with Crippen LogP contribution in [0.25, 0.3) is 0 Å². The zero-order chi connectivity index (χ0) is 17.6. The van der Waals surface area contributed by atoms with E-state index < -0.39 is 0 Å². The molecule has 1 fully saturated rings. The van der Waals surface area contributed by atoms with E-state index in [0.717, 1.165) is 30.4 Å². The van der Waals surface area contributed by atoms with Gasteiger partial charge in [0.05, 0.1) is 12.3 Å². The Kier molecular flexibility index (Phi) is 5.68. The molecule has 2 heterocycles. The Hall–Kier alpha value is -2.37. The number of anilines is 3. The van der Waals surface area contributed by atoms with Gasteiger partial charge in [0.25, 0.3) is 0 Å². The van der Waals surface area contributed by atoms with Crippen LogP contribution in [0.2, 0.25) is 0 Å². The van der Waals surface area contributed by atoms with Crippen molar-refractivity contribution in [1.29, 1.82) is 0 Å². The molecule has 6 nitrogen and oxygen atoms in total. The zero-order valence-corrected chi connectivity index (χ0v) is 15.3. The minimum absolute atomic E-state index is 0.170. The van der Waals surface area contributed by atoms with E-state index in [1.54, 1.807) is 6.20 Å². The second-order valence-corrected chi connectivity index (χ2v) is 6.71. The summed E-state index contributed by atoms with van der Waals surface area (Å²) in [6.07, 6.45) is 6.61. The van der Waals surface area contributed by atoms with Gasteiger partial charge in [0.15, 0.2) is 5.82 Å². The average Bonchev–Trinajstić information content (AvgIpc) is 2.63. The van der Waals surface area contributed by atoms with Crippen LogP contribution in [0.1, 0.15) is 46.5 Å². The van der Waals surface area contributed by atoms with Gasteiger partial charge in [-0.2, -0.15) is 10.1 Å². The number of rotatable bonds is 6. The first-order valence-electron chi connectivity index (χ1n) is 9.16. The first-order valence-corrected chi connectivity index (χ1v) is 9.16. The molecule has 1 unspecified atom stereocenters. The van der Waals surface area contributed by atoms with Crippen molar-refractivity contribution in [3.8, 4) is 5.75 Å². The lowest BCUT2D eigenvalue weighted by Gasteiger charge is -2.34. The van der Waals surface area contributed by atoms with Crippen molar-refractivity contribution in [3.63, 3.8) is 0 Å². The van der Waals surface area contributed by atoms with Crippen LogP contribution in [0.3, 0.4) is 0 Å². The number of nitrogens with one attached hydrogen (secondary N) is 1. The number of piperidine rings is 1. The van der Waals surface area contributed by atoms with Crippen LogP contribution in [-0.4, -0.2) is 33.9 Å². The predicted octanol–water partition coefficient (Wildman–Crippen LogP) is 4.17. The Bertz CT molecular complexity index is 674. The van der Waals surface area contributed by atoms with Crippen LogP contribution in [0.5, 0.6) is 5.75 Å². The summed E-state index contributed by atoms with van der Waals surface area (Å²) in [5.41, 5.74) is 0.952. The molecule has 134 valence electrons. The van der Waals surface area contributed by atoms with Crippen molar-refractivity contribution in [2.75, 3.05) is 16.8 Å². The number of aromatic nitrogens is 3. The fraction of sp³-hybridized carbons (Fsp3) is 0.526. The van der Waals surface area contributed by atoms with E-state index in [9.17, 15) is 0 Å². The van der Waals surface area contributed by atoms with Crippen molar-refractivity contribution in [3.05, 3.63) is 30.5 Å². The molecule has 1 saturated heterocycles. The lowest BCUT2D eigenvalue weighted by Crippen LogP contribution is -2.40. The normalized spacial score (nSPS) is 17.6. The maximum atomic E-state index is 5.67. The third kappa shape index (κ3) is 4.59. The molecule has 0 radical (unpaired) electrons. The summed E-state index contributed by atoms with van der Waals surface area (Å²) in [4.78, 5) is 6.96. The van der Waals surface area contributed by atoms with Gasteiger partial charge in [-0.1, -0.05) is 6.92 Å². The van der Waals surface area contributed by atoms with E-state index in [-0.39, 0.29) is 6.10 Å². The van der Waals surface area contributed by atoms with E-state index in [4.69, 9.17) is 4.74 Å². The Morgan fingerprint density at radius 1 is 1.24 bits per heavy atom. The highest BCUT2D eigenvalue weighted by molar-refractivity contribution is 5.57. The lowest BCUT2D eigenvalue weighted by atomic mass is 10.0. The van der Waals surface area contributed by atoms with Gasteiger partial charge in [-0.15, -0.1) is 5.10 Å². The number of ether oxygens (including phenoxy) is 1. The van der Waals surface area contributed by atoms with Crippen molar-refractivity contribution in [2.24, 2.45) is 0 Å². The maximum absolute atomic E-state index is 5.67. The van der Waals surface area contributed by atoms with Crippen LogP contribution >= 0.6 is 0 Å². The van der Waals surface area contributed by atoms with Gasteiger partial charge in [-0.25, -0.2) is 0 Å². The molecule has 1 aromatic carbocycles. The Balaban J connectivity index is 1.71. The second kappa shape index (κ2) is 8.14. The highest BCUT2D eigenvalue weighted by Gasteiger charge is 2.23. The first kappa shape index (κ1) is 17.5. The monoisotopic (exact) mass is 341 g/mol. The Labute approximate surface area is 149 Å². The molecule has 6 heteroatoms. The largest absolute Gasteiger partial charge is 0.491 e. The molecule has 25 heavy (non-hydrogen) atoms. The zero-order valence-electron chi connectivity index (χ0n) is 15.3. The van der Waals surface area contributed by atoms with Crippen molar-refractivity contribution < 1.29 is 4.74 Å². The second-order valence-electron chi connectivity index (χ2n) is 6.71. The summed E-state index contributed by atoms with van der Waals surface area (Å²) < 4.78 is 5.67. The Morgan fingerprint density at radius 2 is 2.04 bits per heavy atom. The number of hydrogen-bond donors (Lipinski definition) is 1. The maximum Gasteiger partial charge on any atom is 0.247 e. The molecule has 1 aliphatic heterocycles. The van der Waals surface area contributed by atoms with Crippen molar-refractivity contribution >= 4 is 17.5 Å². The molecule has 2 aromatic rings. The standard InChI is InChI=1S/C19H27N5O/c1-4-16-7-5-6-12-24(16)19-22-18(13-20-23-19)21-15-8-10-17(11-9-15)25-14(2)3/h8-11,13-14,16H,4-7,12H2,1-3H3,(H,21,22,23). The lowest BCUT2D eigenvalue weighted by molar-refractivity contribution is 0.242. The summed E-state index contributed by atoms with van der Waals surface area (Å²) in [5.74, 6) is 2.29. The van der Waals surface area contributed by atoms with Crippen LogP contribution in [0, 0.1) is 0 Å². The summed E-state index contributed by atoms with van der Waals surface area (Å²) in [7, 11) is 0. The molecule has 0 aliphatic carbocycles. The molecule has 1 N–H and O–H groups in total. The van der Waals surface area contributed by atoms with Gasteiger partial charge in [0.2, 0.25) is 5.95 Å².